The summed E-state index contributed by atoms with van der Waals surface area (Å²) in [6.07, 6.45) is 3.02. The number of fused-ring (bicyclic) bond motifs is 1. The zero-order valence-corrected chi connectivity index (χ0v) is 24.7. The maximum atomic E-state index is 13.3. The normalized spacial score (nSPS) is 23.3. The molecule has 0 aliphatic carbocycles. The Morgan fingerprint density at radius 2 is 2.10 bits per heavy atom. The number of β-lactam (4-membered cyclic amide) rings is 1. The molecule has 2 amide bonds. The van der Waals surface area contributed by atoms with Gasteiger partial charge in [0.2, 0.25) is 6.79 Å². The minimum absolute atomic E-state index is 0.0362. The van der Waals surface area contributed by atoms with E-state index in [4.69, 9.17) is 19.9 Å². The number of anilines is 1. The van der Waals surface area contributed by atoms with Gasteiger partial charge >= 0.3 is 11.9 Å². The minimum Gasteiger partial charge on any atom is -0.427 e. The van der Waals surface area contributed by atoms with Crippen molar-refractivity contribution in [3.63, 3.8) is 0 Å². The molecule has 0 bridgehead atoms. The number of oxime groups is 1. The van der Waals surface area contributed by atoms with E-state index in [1.165, 1.54) is 33.8 Å². The second-order valence-corrected chi connectivity index (χ2v) is 13.3. The van der Waals surface area contributed by atoms with Gasteiger partial charge in [0.15, 0.2) is 10.8 Å². The van der Waals surface area contributed by atoms with Crippen molar-refractivity contribution in [2.45, 2.75) is 57.6 Å². The molecule has 218 valence electrons. The summed E-state index contributed by atoms with van der Waals surface area (Å²) < 4.78 is 16.1. The fourth-order valence-corrected chi connectivity index (χ4v) is 7.31. The lowest BCUT2D eigenvalue weighted by Gasteiger charge is -2.49. The van der Waals surface area contributed by atoms with Gasteiger partial charge in [-0.3, -0.25) is 19.3 Å². The smallest absolute Gasteiger partial charge is 0.358 e. The summed E-state index contributed by atoms with van der Waals surface area (Å²) in [5, 5.41) is 16.0. The van der Waals surface area contributed by atoms with E-state index in [0.717, 1.165) is 30.6 Å². The number of carbonyl (C=O) groups excluding carboxylic acids is 4. The number of hydrogen-bond donors (Lipinski definition) is 3. The molecule has 2 saturated heterocycles. The summed E-state index contributed by atoms with van der Waals surface area (Å²) in [6.45, 7) is 5.11. The number of carbonyl (C=O) groups is 4. The van der Waals surface area contributed by atoms with Gasteiger partial charge in [-0.05, 0) is 40.0 Å². The minimum atomic E-state index is -0.986. The first-order valence-electron chi connectivity index (χ1n) is 12.5. The largest absolute Gasteiger partial charge is 0.427 e. The molecule has 0 saturated carbocycles. The van der Waals surface area contributed by atoms with Crippen molar-refractivity contribution in [3.8, 4) is 0 Å². The molecule has 0 aromatic carbocycles. The number of thioether (sulfide) groups is 2. The number of aromatic nitrogens is 1. The third-order valence-corrected chi connectivity index (χ3v) is 9.56. The first kappa shape index (κ1) is 30.1. The van der Waals surface area contributed by atoms with Gasteiger partial charge in [-0.2, -0.15) is 0 Å². The van der Waals surface area contributed by atoms with Gasteiger partial charge in [-0.25, -0.2) is 9.78 Å². The molecule has 0 spiro atoms. The highest BCUT2D eigenvalue weighted by atomic mass is 32.2. The number of hydrogen-bond acceptors (Lipinski definition) is 14. The molecule has 16 heteroatoms. The van der Waals surface area contributed by atoms with Crippen LogP contribution < -0.4 is 11.1 Å². The number of ether oxygens (including phenoxy) is 3. The van der Waals surface area contributed by atoms with Gasteiger partial charge in [0.05, 0.1) is 11.5 Å². The molecule has 4 heterocycles. The number of thiazole rings is 1. The third-order valence-electron chi connectivity index (χ3n) is 6.20. The molecule has 0 radical (unpaired) electrons. The van der Waals surface area contributed by atoms with Crippen LogP contribution in [0.3, 0.4) is 0 Å². The Hall–Kier alpha value is -2.82. The monoisotopic (exact) mass is 613 g/mol. The number of rotatable bonds is 9. The summed E-state index contributed by atoms with van der Waals surface area (Å²) in [4.78, 5) is 57.3. The van der Waals surface area contributed by atoms with E-state index in [1.807, 2.05) is 0 Å². The van der Waals surface area contributed by atoms with E-state index in [9.17, 15) is 24.4 Å². The second kappa shape index (κ2) is 12.8. The van der Waals surface area contributed by atoms with Crippen LogP contribution in [0, 0.1) is 5.41 Å². The molecule has 4 rings (SSSR count). The number of amides is 2. The first-order chi connectivity index (χ1) is 19.0. The number of esters is 2. The number of nitrogens with zero attached hydrogens (tertiary/aromatic N) is 3. The van der Waals surface area contributed by atoms with Crippen molar-refractivity contribution >= 4 is 69.5 Å². The van der Waals surface area contributed by atoms with Gasteiger partial charge in [0, 0.05) is 28.4 Å². The van der Waals surface area contributed by atoms with Crippen molar-refractivity contribution in [1.29, 1.82) is 0 Å². The van der Waals surface area contributed by atoms with Crippen molar-refractivity contribution in [3.05, 3.63) is 21.7 Å². The molecule has 2 unspecified atom stereocenters. The van der Waals surface area contributed by atoms with Crippen LogP contribution in [-0.2, 0) is 33.4 Å². The standard InChI is InChI=1S/C24H31N5O8S3/c1-24(2,3)22(33)37-11-36-21(32)17-14(38-8-12-6-4-5-7-35-12)10-39-20-16(19(31)29(17)20)27-18(30)15(28-34)13-9-40-23(25)26-13/h9,12,16,20,34H,4-8,10-11H2,1-3H3,(H2,25,26)(H,27,30)/b28-15-/t12?,16?,20-/m0/s1. The van der Waals surface area contributed by atoms with Crippen LogP contribution in [0.5, 0.6) is 0 Å². The lowest BCUT2D eigenvalue weighted by atomic mass is 9.98. The summed E-state index contributed by atoms with van der Waals surface area (Å²) >= 11 is 3.86. The Balaban J connectivity index is 1.48. The molecule has 3 aliphatic rings. The Morgan fingerprint density at radius 1 is 1.32 bits per heavy atom. The summed E-state index contributed by atoms with van der Waals surface area (Å²) in [5.41, 5.74) is 4.56. The van der Waals surface area contributed by atoms with Crippen molar-refractivity contribution in [2.75, 3.05) is 30.6 Å². The van der Waals surface area contributed by atoms with Crippen molar-refractivity contribution in [2.24, 2.45) is 10.6 Å². The van der Waals surface area contributed by atoms with E-state index in [0.29, 0.717) is 23.0 Å². The molecule has 1 aromatic rings. The van der Waals surface area contributed by atoms with Gasteiger partial charge < -0.3 is 30.5 Å². The lowest BCUT2D eigenvalue weighted by Crippen LogP contribution is -2.71. The van der Waals surface area contributed by atoms with E-state index >= 15 is 0 Å². The molecule has 13 nitrogen and oxygen atoms in total. The van der Waals surface area contributed by atoms with Gasteiger partial charge in [0.25, 0.3) is 11.8 Å². The highest BCUT2D eigenvalue weighted by molar-refractivity contribution is 8.06. The van der Waals surface area contributed by atoms with Gasteiger partial charge in [-0.15, -0.1) is 34.9 Å². The lowest BCUT2D eigenvalue weighted by molar-refractivity contribution is -0.173. The Kier molecular flexibility index (Phi) is 9.64. The maximum Gasteiger partial charge on any atom is 0.358 e. The van der Waals surface area contributed by atoms with Crippen LogP contribution in [0.25, 0.3) is 0 Å². The molecule has 1 aromatic heterocycles. The van der Waals surface area contributed by atoms with Crippen LogP contribution in [0.15, 0.2) is 21.1 Å². The molecular weight excluding hydrogens is 582 g/mol. The second-order valence-electron chi connectivity index (χ2n) is 10.2. The van der Waals surface area contributed by atoms with Crippen LogP contribution in [0.2, 0.25) is 0 Å². The van der Waals surface area contributed by atoms with E-state index in [1.54, 1.807) is 20.8 Å². The molecule has 2 fully saturated rings. The van der Waals surface area contributed by atoms with Crippen molar-refractivity contribution < 1.29 is 38.6 Å². The molecule has 3 atom stereocenters. The third kappa shape index (κ3) is 6.72. The van der Waals surface area contributed by atoms with Crippen LogP contribution in [0.4, 0.5) is 5.13 Å². The van der Waals surface area contributed by atoms with Gasteiger partial charge in [-0.1, -0.05) is 5.16 Å². The van der Waals surface area contributed by atoms with E-state index in [-0.39, 0.29) is 28.3 Å². The topological polar surface area (TPSA) is 183 Å². The predicted octanol–water partition coefficient (Wildman–Crippen LogP) is 1.91. The zero-order chi connectivity index (χ0) is 29.0. The van der Waals surface area contributed by atoms with Crippen molar-refractivity contribution in [1.82, 2.24) is 15.2 Å². The highest BCUT2D eigenvalue weighted by Crippen LogP contribution is 2.44. The fraction of sp³-hybridized carbons (Fsp3) is 0.583. The molecule has 4 N–H and O–H groups in total. The summed E-state index contributed by atoms with van der Waals surface area (Å²) in [7, 11) is 0. The Labute approximate surface area is 243 Å². The number of nitrogens with one attached hydrogen (secondary N) is 1. The SMILES string of the molecule is CC(C)(C)C(=O)OCOC(=O)C1=C(SCC2CCCCO2)CS[C@H]2C(NC(=O)/C(=N\O)c3csc(N)n3)C(=O)N12. The average Bonchev–Trinajstić information content (AvgIpc) is 3.35. The Bertz CT molecular complexity index is 1220. The Morgan fingerprint density at radius 3 is 2.73 bits per heavy atom. The number of nitrogens with two attached hydrogens (primary N) is 1. The first-order valence-corrected chi connectivity index (χ1v) is 15.4. The van der Waals surface area contributed by atoms with Crippen LogP contribution in [0.1, 0.15) is 45.7 Å². The predicted molar refractivity (Wildman–Crippen MR) is 149 cm³/mol. The molecular formula is C24H31N5O8S3. The average molecular weight is 614 g/mol. The quantitative estimate of drug-likeness (QED) is 0.0920. The van der Waals surface area contributed by atoms with E-state index in [2.05, 4.69) is 15.5 Å². The zero-order valence-electron chi connectivity index (χ0n) is 22.2. The van der Waals surface area contributed by atoms with Crippen LogP contribution in [-0.4, -0.2) is 87.0 Å². The summed E-state index contributed by atoms with van der Waals surface area (Å²) in [6, 6.07) is -0.986. The fourth-order valence-electron chi connectivity index (χ4n) is 4.06. The molecule has 3 aliphatic heterocycles. The van der Waals surface area contributed by atoms with Gasteiger partial charge in [0.1, 0.15) is 22.8 Å². The highest BCUT2D eigenvalue weighted by Gasteiger charge is 2.55. The number of nitrogen functional groups attached to an aromatic ring is 1. The van der Waals surface area contributed by atoms with Crippen LogP contribution >= 0.6 is 34.9 Å². The summed E-state index contributed by atoms with van der Waals surface area (Å²) in [5.74, 6) is -1.72. The molecule has 40 heavy (non-hydrogen) atoms. The maximum absolute atomic E-state index is 13.3. The van der Waals surface area contributed by atoms with E-state index < -0.39 is 47.4 Å².